The highest BCUT2D eigenvalue weighted by atomic mass is 32.1. The maximum absolute atomic E-state index is 12.7. The van der Waals surface area contributed by atoms with Crippen molar-refractivity contribution in [1.82, 2.24) is 15.0 Å². The van der Waals surface area contributed by atoms with Crippen LogP contribution in [-0.4, -0.2) is 32.8 Å². The Labute approximate surface area is 162 Å². The van der Waals surface area contributed by atoms with Crippen LogP contribution >= 0.6 is 11.3 Å². The van der Waals surface area contributed by atoms with Gasteiger partial charge in [0.1, 0.15) is 11.3 Å². The molecule has 0 aliphatic carbocycles. The molecule has 8 heteroatoms. The molecule has 136 valence electrons. The zero-order valence-electron chi connectivity index (χ0n) is 14.2. The van der Waals surface area contributed by atoms with Gasteiger partial charge in [-0.05, 0) is 35.7 Å². The molecule has 2 aromatic heterocycles. The number of hydrogen-bond donors (Lipinski definition) is 1. The van der Waals surface area contributed by atoms with Crippen molar-refractivity contribution in [3.63, 3.8) is 0 Å². The Morgan fingerprint density at radius 2 is 1.71 bits per heavy atom. The predicted octanol–water partition coefficient (Wildman–Crippen LogP) is 3.66. The fourth-order valence-electron chi connectivity index (χ4n) is 3.11. The third-order valence-corrected chi connectivity index (χ3v) is 5.29. The van der Waals surface area contributed by atoms with Crippen LogP contribution in [0.1, 0.15) is 31.1 Å². The first-order valence-electron chi connectivity index (χ1n) is 8.36. The molecule has 7 nitrogen and oxygen atoms in total. The third-order valence-electron chi connectivity index (χ3n) is 4.42. The van der Waals surface area contributed by atoms with E-state index in [9.17, 15) is 14.4 Å². The number of hydroxylamine groups is 2. The van der Waals surface area contributed by atoms with Gasteiger partial charge in [-0.25, -0.2) is 9.78 Å². The van der Waals surface area contributed by atoms with Gasteiger partial charge in [0.05, 0.1) is 27.1 Å². The lowest BCUT2D eigenvalue weighted by Gasteiger charge is -2.12. The van der Waals surface area contributed by atoms with Crippen molar-refractivity contribution >= 4 is 40.2 Å². The summed E-state index contributed by atoms with van der Waals surface area (Å²) in [5.74, 6) is -1.53. The van der Waals surface area contributed by atoms with Gasteiger partial charge >= 0.3 is 5.97 Å². The largest absolute Gasteiger partial charge is 0.366 e. The number of H-pyrrole nitrogens is 1. The van der Waals surface area contributed by atoms with Gasteiger partial charge in [0, 0.05) is 0 Å². The Morgan fingerprint density at radius 1 is 0.964 bits per heavy atom. The number of imide groups is 1. The van der Waals surface area contributed by atoms with Crippen molar-refractivity contribution in [2.24, 2.45) is 0 Å². The highest BCUT2D eigenvalue weighted by molar-refractivity contribution is 7.13. The molecule has 2 aromatic carbocycles. The van der Waals surface area contributed by atoms with E-state index in [1.807, 2.05) is 17.5 Å². The quantitative estimate of drug-likeness (QED) is 0.540. The van der Waals surface area contributed by atoms with E-state index in [0.29, 0.717) is 21.9 Å². The molecule has 5 rings (SSSR count). The number of aromatic nitrogens is 2. The van der Waals surface area contributed by atoms with Crippen LogP contribution in [-0.2, 0) is 4.84 Å². The topological polar surface area (TPSA) is 92.4 Å². The summed E-state index contributed by atoms with van der Waals surface area (Å²) in [4.78, 5) is 51.3. The number of nitrogens with zero attached hydrogens (tertiary/aromatic N) is 2. The second-order valence-electron chi connectivity index (χ2n) is 6.09. The molecular weight excluding hydrogens is 378 g/mol. The summed E-state index contributed by atoms with van der Waals surface area (Å²) in [7, 11) is 0. The van der Waals surface area contributed by atoms with Crippen molar-refractivity contribution in [3.05, 3.63) is 76.7 Å². The van der Waals surface area contributed by atoms with Gasteiger partial charge in [-0.1, -0.05) is 29.3 Å². The lowest BCUT2D eigenvalue weighted by molar-refractivity contribution is -0.0583. The number of rotatable bonds is 3. The van der Waals surface area contributed by atoms with Crippen LogP contribution in [0.25, 0.3) is 21.7 Å². The van der Waals surface area contributed by atoms with Crippen molar-refractivity contribution in [2.75, 3.05) is 0 Å². The fourth-order valence-corrected chi connectivity index (χ4v) is 3.78. The zero-order chi connectivity index (χ0) is 19.3. The monoisotopic (exact) mass is 389 g/mol. The Kier molecular flexibility index (Phi) is 3.59. The molecule has 0 unspecified atom stereocenters. The van der Waals surface area contributed by atoms with E-state index in [1.165, 1.54) is 23.5 Å². The van der Waals surface area contributed by atoms with Crippen LogP contribution in [0.3, 0.4) is 0 Å². The van der Waals surface area contributed by atoms with Crippen molar-refractivity contribution in [2.45, 2.75) is 0 Å². The van der Waals surface area contributed by atoms with Gasteiger partial charge in [-0.2, -0.15) is 0 Å². The van der Waals surface area contributed by atoms with Crippen LogP contribution in [0.5, 0.6) is 0 Å². The minimum Gasteiger partial charge on any atom is -0.337 e. The van der Waals surface area contributed by atoms with E-state index in [4.69, 9.17) is 4.84 Å². The number of thiophene rings is 1. The molecule has 1 aliphatic rings. The van der Waals surface area contributed by atoms with Crippen LogP contribution in [0.4, 0.5) is 0 Å². The van der Waals surface area contributed by atoms with E-state index in [0.717, 1.165) is 4.88 Å². The summed E-state index contributed by atoms with van der Waals surface area (Å²) in [6, 6.07) is 15.2. The lowest BCUT2D eigenvalue weighted by atomic mass is 10.1. The summed E-state index contributed by atoms with van der Waals surface area (Å²) < 4.78 is 0. The summed E-state index contributed by atoms with van der Waals surface area (Å²) in [6.45, 7) is 0. The average Bonchev–Trinajstić information content (AvgIpc) is 3.43. The molecule has 0 atom stereocenters. The highest BCUT2D eigenvalue weighted by Gasteiger charge is 2.39. The van der Waals surface area contributed by atoms with E-state index < -0.39 is 17.8 Å². The summed E-state index contributed by atoms with van der Waals surface area (Å²) >= 11 is 1.52. The van der Waals surface area contributed by atoms with Gasteiger partial charge in [0.2, 0.25) is 0 Å². The second kappa shape index (κ2) is 6.14. The highest BCUT2D eigenvalue weighted by Crippen LogP contribution is 2.28. The van der Waals surface area contributed by atoms with Gasteiger partial charge < -0.3 is 9.82 Å². The molecular formula is C20H11N3O4S. The van der Waals surface area contributed by atoms with Crippen LogP contribution in [0.2, 0.25) is 0 Å². The standard InChI is InChI=1S/C20H11N3O4S/c24-18-11-5-1-2-6-12(11)19(25)23(18)27-20(26)13-7-3-8-14-16(13)22-17(21-14)15-9-4-10-28-15/h1-10H,(H,21,22). The predicted molar refractivity (Wildman–Crippen MR) is 102 cm³/mol. The maximum Gasteiger partial charge on any atom is 0.366 e. The number of imidazole rings is 1. The maximum atomic E-state index is 12.7. The van der Waals surface area contributed by atoms with Gasteiger partial charge in [0.25, 0.3) is 11.8 Å². The number of amides is 2. The molecule has 2 amide bonds. The van der Waals surface area contributed by atoms with Crippen molar-refractivity contribution in [1.29, 1.82) is 0 Å². The lowest BCUT2D eigenvalue weighted by Crippen LogP contribution is -2.32. The summed E-state index contributed by atoms with van der Waals surface area (Å²) in [6.07, 6.45) is 0. The SMILES string of the molecule is O=C(ON1C(=O)c2ccccc2C1=O)c1cccc2[nH]c(-c3cccs3)nc12. The van der Waals surface area contributed by atoms with Crippen LogP contribution < -0.4 is 0 Å². The molecule has 0 radical (unpaired) electrons. The number of aromatic amines is 1. The molecule has 1 aliphatic heterocycles. The first-order valence-corrected chi connectivity index (χ1v) is 9.24. The van der Waals surface area contributed by atoms with Gasteiger partial charge in [0.15, 0.2) is 0 Å². The first-order chi connectivity index (χ1) is 13.6. The van der Waals surface area contributed by atoms with Gasteiger partial charge in [-0.15, -0.1) is 11.3 Å². The molecule has 1 N–H and O–H groups in total. The Bertz CT molecular complexity index is 1220. The van der Waals surface area contributed by atoms with E-state index in [2.05, 4.69) is 9.97 Å². The number of hydrogen-bond acceptors (Lipinski definition) is 6. The zero-order valence-corrected chi connectivity index (χ0v) is 15.0. The fraction of sp³-hybridized carbons (Fsp3) is 0. The minimum absolute atomic E-state index is 0.160. The molecule has 0 saturated carbocycles. The van der Waals surface area contributed by atoms with Crippen molar-refractivity contribution < 1.29 is 19.2 Å². The first kappa shape index (κ1) is 16.4. The second-order valence-corrected chi connectivity index (χ2v) is 7.04. The number of benzene rings is 2. The minimum atomic E-state index is -0.829. The number of carbonyl (C=O) groups is 3. The molecule has 0 bridgehead atoms. The normalized spacial score (nSPS) is 13.2. The number of fused-ring (bicyclic) bond motifs is 2. The third kappa shape index (κ3) is 2.43. The number of para-hydroxylation sites is 1. The molecule has 3 heterocycles. The van der Waals surface area contributed by atoms with Crippen molar-refractivity contribution in [3.8, 4) is 10.7 Å². The molecule has 28 heavy (non-hydrogen) atoms. The molecule has 0 saturated heterocycles. The molecule has 0 spiro atoms. The number of carbonyl (C=O) groups excluding carboxylic acids is 3. The molecule has 4 aromatic rings. The van der Waals surface area contributed by atoms with Crippen LogP contribution in [0, 0.1) is 0 Å². The summed E-state index contributed by atoms with van der Waals surface area (Å²) in [5.41, 5.74) is 1.64. The Hall–Kier alpha value is -3.78. The Balaban J connectivity index is 1.49. The summed E-state index contributed by atoms with van der Waals surface area (Å²) in [5, 5.41) is 2.43. The van der Waals surface area contributed by atoms with Gasteiger partial charge in [-0.3, -0.25) is 9.59 Å². The van der Waals surface area contributed by atoms with E-state index >= 15 is 0 Å². The smallest absolute Gasteiger partial charge is 0.337 e. The number of nitrogens with one attached hydrogen (secondary N) is 1. The van der Waals surface area contributed by atoms with E-state index in [1.54, 1.807) is 30.3 Å². The van der Waals surface area contributed by atoms with E-state index in [-0.39, 0.29) is 16.7 Å². The average molecular weight is 389 g/mol. The molecule has 0 fully saturated rings. The Morgan fingerprint density at radius 3 is 2.39 bits per heavy atom. The van der Waals surface area contributed by atoms with Crippen LogP contribution in [0.15, 0.2) is 60.0 Å².